The van der Waals surface area contributed by atoms with Crippen molar-refractivity contribution < 1.29 is 0 Å². The topological polar surface area (TPSA) is 49.8 Å². The van der Waals surface area contributed by atoms with E-state index < -0.39 is 0 Å². The number of nitrogens with zero attached hydrogens (tertiary/aromatic N) is 1. The van der Waals surface area contributed by atoms with E-state index in [1.807, 2.05) is 12.1 Å². The molecule has 2 nitrogen and oxygen atoms in total. The molecule has 0 amide bonds. The summed E-state index contributed by atoms with van der Waals surface area (Å²) in [6, 6.07) is 16.1. The summed E-state index contributed by atoms with van der Waals surface area (Å²) in [6.07, 6.45) is 1.05. The van der Waals surface area contributed by atoms with Gasteiger partial charge in [-0.05, 0) is 42.3 Å². The molecule has 2 rings (SSSR count). The van der Waals surface area contributed by atoms with Gasteiger partial charge in [0.1, 0.15) is 6.07 Å². The van der Waals surface area contributed by atoms with Crippen molar-refractivity contribution >= 4 is 17.4 Å². The molecule has 0 aliphatic heterocycles. The van der Waals surface area contributed by atoms with Crippen LogP contribution < -0.4 is 5.73 Å². The van der Waals surface area contributed by atoms with Gasteiger partial charge in [-0.15, -0.1) is 0 Å². The predicted molar refractivity (Wildman–Crippen MR) is 75.5 cm³/mol. The van der Waals surface area contributed by atoms with Crippen LogP contribution in [0.4, 0.5) is 5.69 Å². The lowest BCUT2D eigenvalue weighted by atomic mass is 10.2. The Balaban J connectivity index is 2.20. The van der Waals surface area contributed by atoms with Crippen LogP contribution in [-0.2, 0) is 6.42 Å². The van der Waals surface area contributed by atoms with Gasteiger partial charge in [-0.1, -0.05) is 30.8 Å². The van der Waals surface area contributed by atoms with E-state index in [9.17, 15) is 0 Å². The van der Waals surface area contributed by atoms with Crippen LogP contribution in [-0.4, -0.2) is 0 Å². The molecule has 0 aliphatic rings. The minimum absolute atomic E-state index is 0.531. The zero-order chi connectivity index (χ0) is 13.0. The molecule has 0 aliphatic carbocycles. The third-order valence-electron chi connectivity index (χ3n) is 2.71. The highest BCUT2D eigenvalue weighted by Crippen LogP contribution is 2.29. The van der Waals surface area contributed by atoms with Crippen LogP contribution in [0.5, 0.6) is 0 Å². The van der Waals surface area contributed by atoms with Gasteiger partial charge in [0.25, 0.3) is 0 Å². The molecule has 3 heteroatoms. The van der Waals surface area contributed by atoms with Crippen molar-refractivity contribution in [1.82, 2.24) is 0 Å². The van der Waals surface area contributed by atoms with Crippen molar-refractivity contribution in [2.75, 3.05) is 5.73 Å². The second-order valence-electron chi connectivity index (χ2n) is 3.96. The average Bonchev–Trinajstić information content (AvgIpc) is 2.42. The molecule has 0 unspecified atom stereocenters. The van der Waals surface area contributed by atoms with Gasteiger partial charge in [0.2, 0.25) is 0 Å². The summed E-state index contributed by atoms with van der Waals surface area (Å²) in [7, 11) is 0. The van der Waals surface area contributed by atoms with Crippen molar-refractivity contribution in [2.45, 2.75) is 23.1 Å². The van der Waals surface area contributed by atoms with Crippen molar-refractivity contribution in [3.63, 3.8) is 0 Å². The molecule has 0 aromatic heterocycles. The molecule has 0 radical (unpaired) electrons. The summed E-state index contributed by atoms with van der Waals surface area (Å²) < 4.78 is 0. The predicted octanol–water partition coefficient (Wildman–Crippen LogP) is 3.85. The third kappa shape index (κ3) is 2.85. The Morgan fingerprint density at radius 2 is 1.78 bits per heavy atom. The lowest BCUT2D eigenvalue weighted by Crippen LogP contribution is -1.89. The molecule has 2 aromatic rings. The molecule has 2 aromatic carbocycles. The van der Waals surface area contributed by atoms with E-state index in [0.717, 1.165) is 11.3 Å². The summed E-state index contributed by atoms with van der Waals surface area (Å²) in [6.45, 7) is 2.14. The number of rotatable bonds is 3. The van der Waals surface area contributed by atoms with Gasteiger partial charge in [-0.2, -0.15) is 5.26 Å². The smallest absolute Gasteiger partial charge is 0.101 e. The number of aryl methyl sites for hydroxylation is 1. The van der Waals surface area contributed by atoms with Crippen molar-refractivity contribution in [3.05, 3.63) is 53.6 Å². The highest BCUT2D eigenvalue weighted by molar-refractivity contribution is 7.99. The summed E-state index contributed by atoms with van der Waals surface area (Å²) in [5.41, 5.74) is 8.09. The van der Waals surface area contributed by atoms with Gasteiger partial charge in [-0.25, -0.2) is 0 Å². The normalized spacial score (nSPS) is 10.0. The number of nitrogens with two attached hydrogens (primary N) is 1. The highest BCUT2D eigenvalue weighted by atomic mass is 32.2. The number of benzene rings is 2. The van der Waals surface area contributed by atoms with Gasteiger partial charge in [-0.3, -0.25) is 0 Å². The van der Waals surface area contributed by atoms with Gasteiger partial charge < -0.3 is 5.73 Å². The van der Waals surface area contributed by atoms with Crippen LogP contribution >= 0.6 is 11.8 Å². The summed E-state index contributed by atoms with van der Waals surface area (Å²) in [5, 5.41) is 8.94. The molecular weight excluding hydrogens is 240 g/mol. The van der Waals surface area contributed by atoms with E-state index >= 15 is 0 Å². The number of hydrogen-bond donors (Lipinski definition) is 1. The first kappa shape index (κ1) is 12.5. The second kappa shape index (κ2) is 5.61. The number of nitrogen functional groups attached to an aromatic ring is 1. The molecule has 90 valence electrons. The maximum Gasteiger partial charge on any atom is 0.101 e. The van der Waals surface area contributed by atoms with E-state index in [4.69, 9.17) is 11.0 Å². The quantitative estimate of drug-likeness (QED) is 0.846. The molecule has 0 heterocycles. The van der Waals surface area contributed by atoms with Crippen LogP contribution in [0.15, 0.2) is 52.3 Å². The minimum Gasteiger partial charge on any atom is -0.398 e. The minimum atomic E-state index is 0.531. The fraction of sp³-hybridized carbons (Fsp3) is 0.133. The van der Waals surface area contributed by atoms with Gasteiger partial charge >= 0.3 is 0 Å². The summed E-state index contributed by atoms with van der Waals surface area (Å²) >= 11 is 1.64. The lowest BCUT2D eigenvalue weighted by Gasteiger charge is -2.04. The Morgan fingerprint density at radius 1 is 1.11 bits per heavy atom. The van der Waals surface area contributed by atoms with E-state index in [1.54, 1.807) is 17.8 Å². The Bertz CT molecular complexity index is 582. The standard InChI is InChI=1S/C15H14N2S/c1-2-11-3-5-13(6-4-11)18-14-7-8-15(17)12(9-14)10-16/h3-9H,2,17H2,1H3. The van der Waals surface area contributed by atoms with Crippen LogP contribution in [0.2, 0.25) is 0 Å². The van der Waals surface area contributed by atoms with Crippen molar-refractivity contribution in [1.29, 1.82) is 5.26 Å². The fourth-order valence-electron chi connectivity index (χ4n) is 1.62. The van der Waals surface area contributed by atoms with Gasteiger partial charge in [0.15, 0.2) is 0 Å². The van der Waals surface area contributed by atoms with E-state index in [-0.39, 0.29) is 0 Å². The van der Waals surface area contributed by atoms with Gasteiger partial charge in [0.05, 0.1) is 5.56 Å². The zero-order valence-corrected chi connectivity index (χ0v) is 11.0. The fourth-order valence-corrected chi connectivity index (χ4v) is 2.48. The largest absolute Gasteiger partial charge is 0.398 e. The van der Waals surface area contributed by atoms with E-state index in [1.165, 1.54) is 10.5 Å². The van der Waals surface area contributed by atoms with Crippen LogP contribution in [0.25, 0.3) is 0 Å². The zero-order valence-electron chi connectivity index (χ0n) is 10.2. The average molecular weight is 254 g/mol. The van der Waals surface area contributed by atoms with E-state index in [2.05, 4.69) is 37.3 Å². The maximum atomic E-state index is 8.94. The molecule has 2 N–H and O–H groups in total. The lowest BCUT2D eigenvalue weighted by molar-refractivity contribution is 1.13. The first-order valence-electron chi connectivity index (χ1n) is 5.79. The number of anilines is 1. The maximum absolute atomic E-state index is 8.94. The first-order chi connectivity index (χ1) is 8.72. The molecule has 0 fully saturated rings. The van der Waals surface area contributed by atoms with Crippen molar-refractivity contribution in [2.24, 2.45) is 0 Å². The monoisotopic (exact) mass is 254 g/mol. The molecule has 0 spiro atoms. The summed E-state index contributed by atoms with van der Waals surface area (Å²) in [4.78, 5) is 2.20. The Morgan fingerprint density at radius 3 is 2.39 bits per heavy atom. The molecule has 18 heavy (non-hydrogen) atoms. The Labute approximate surface area is 111 Å². The molecule has 0 saturated heterocycles. The first-order valence-corrected chi connectivity index (χ1v) is 6.61. The van der Waals surface area contributed by atoms with Crippen LogP contribution in [0, 0.1) is 11.3 Å². The molecular formula is C15H14N2S. The molecule has 0 bridgehead atoms. The second-order valence-corrected chi connectivity index (χ2v) is 5.11. The van der Waals surface area contributed by atoms with E-state index in [0.29, 0.717) is 11.3 Å². The molecule has 0 atom stereocenters. The van der Waals surface area contributed by atoms with Crippen molar-refractivity contribution in [3.8, 4) is 6.07 Å². The molecule has 0 saturated carbocycles. The SMILES string of the molecule is CCc1ccc(Sc2ccc(N)c(C#N)c2)cc1. The number of hydrogen-bond acceptors (Lipinski definition) is 3. The van der Waals surface area contributed by atoms with Crippen LogP contribution in [0.1, 0.15) is 18.1 Å². The Kier molecular flexibility index (Phi) is 3.91. The van der Waals surface area contributed by atoms with Crippen LogP contribution in [0.3, 0.4) is 0 Å². The number of nitriles is 1. The highest BCUT2D eigenvalue weighted by Gasteiger charge is 2.02. The summed E-state index contributed by atoms with van der Waals surface area (Å²) in [5.74, 6) is 0. The Hall–Kier alpha value is -1.92. The third-order valence-corrected chi connectivity index (χ3v) is 3.71. The van der Waals surface area contributed by atoms with Gasteiger partial charge in [0, 0.05) is 15.5 Å².